The van der Waals surface area contributed by atoms with Gasteiger partial charge in [-0.3, -0.25) is 4.79 Å². The molecule has 0 radical (unpaired) electrons. The highest BCUT2D eigenvalue weighted by molar-refractivity contribution is 6.27. The number of aryl methyl sites for hydroxylation is 1. The molecule has 0 aliphatic rings. The summed E-state index contributed by atoms with van der Waals surface area (Å²) in [5.74, 6) is 0.00821. The second-order valence-electron chi connectivity index (χ2n) is 5.17. The molecule has 0 aliphatic heterocycles. The monoisotopic (exact) mass is 301 g/mol. The van der Waals surface area contributed by atoms with Gasteiger partial charge in [-0.25, -0.2) is 0 Å². The van der Waals surface area contributed by atoms with E-state index in [2.05, 4.69) is 43.3 Å². The minimum atomic E-state index is -0.0202. The van der Waals surface area contributed by atoms with Crippen molar-refractivity contribution in [3.8, 4) is 0 Å². The summed E-state index contributed by atoms with van der Waals surface area (Å²) in [5.41, 5.74) is 3.58. The number of hydrogen-bond acceptors (Lipinski definition) is 1. The van der Waals surface area contributed by atoms with Crippen LogP contribution in [0.5, 0.6) is 0 Å². The zero-order valence-corrected chi connectivity index (χ0v) is 13.0. The summed E-state index contributed by atoms with van der Waals surface area (Å²) in [6.07, 6.45) is 0.843. The molecule has 0 aromatic heterocycles. The molecule has 21 heavy (non-hydrogen) atoms. The highest BCUT2D eigenvalue weighted by atomic mass is 35.5. The SMILES string of the molecule is Cc1ccc(CN(CCc2ccccc2)C(=O)CCl)cc1. The van der Waals surface area contributed by atoms with Crippen LogP contribution in [-0.2, 0) is 17.8 Å². The summed E-state index contributed by atoms with van der Waals surface area (Å²) in [5, 5.41) is 0. The first kappa shape index (κ1) is 15.6. The molecule has 110 valence electrons. The van der Waals surface area contributed by atoms with Crippen LogP contribution in [0.4, 0.5) is 0 Å². The van der Waals surface area contributed by atoms with E-state index >= 15 is 0 Å². The van der Waals surface area contributed by atoms with Crippen LogP contribution < -0.4 is 0 Å². The maximum atomic E-state index is 12.0. The van der Waals surface area contributed by atoms with Crippen LogP contribution in [0.25, 0.3) is 0 Å². The molecule has 2 rings (SSSR count). The summed E-state index contributed by atoms with van der Waals surface area (Å²) in [7, 11) is 0. The quantitative estimate of drug-likeness (QED) is 0.743. The van der Waals surface area contributed by atoms with Gasteiger partial charge in [0.15, 0.2) is 0 Å². The lowest BCUT2D eigenvalue weighted by atomic mass is 10.1. The molecule has 1 amide bonds. The van der Waals surface area contributed by atoms with Crippen LogP contribution in [0.3, 0.4) is 0 Å². The van der Waals surface area contributed by atoms with Crippen LogP contribution in [0.2, 0.25) is 0 Å². The normalized spacial score (nSPS) is 10.4. The molecule has 0 spiro atoms. The summed E-state index contributed by atoms with van der Waals surface area (Å²) < 4.78 is 0. The third kappa shape index (κ3) is 4.91. The van der Waals surface area contributed by atoms with Gasteiger partial charge in [-0.15, -0.1) is 11.6 Å². The Labute approximate surface area is 131 Å². The molecule has 0 N–H and O–H groups in total. The fraction of sp³-hybridized carbons (Fsp3) is 0.278. The van der Waals surface area contributed by atoms with Gasteiger partial charge in [0, 0.05) is 13.1 Å². The van der Waals surface area contributed by atoms with Gasteiger partial charge in [-0.2, -0.15) is 0 Å². The Balaban J connectivity index is 2.01. The maximum absolute atomic E-state index is 12.0. The van der Waals surface area contributed by atoms with Crippen molar-refractivity contribution >= 4 is 17.5 Å². The van der Waals surface area contributed by atoms with Gasteiger partial charge in [0.05, 0.1) is 0 Å². The van der Waals surface area contributed by atoms with Crippen molar-refractivity contribution in [2.75, 3.05) is 12.4 Å². The minimum Gasteiger partial charge on any atom is -0.337 e. The van der Waals surface area contributed by atoms with E-state index < -0.39 is 0 Å². The predicted molar refractivity (Wildman–Crippen MR) is 87.5 cm³/mol. The van der Waals surface area contributed by atoms with Crippen LogP contribution in [0, 0.1) is 6.92 Å². The summed E-state index contributed by atoms with van der Waals surface area (Å²) in [4.78, 5) is 13.8. The van der Waals surface area contributed by atoms with E-state index in [4.69, 9.17) is 11.6 Å². The van der Waals surface area contributed by atoms with Crippen LogP contribution >= 0.6 is 11.6 Å². The van der Waals surface area contributed by atoms with Gasteiger partial charge in [0.25, 0.3) is 0 Å². The Hall–Kier alpha value is -1.80. The molecule has 2 nitrogen and oxygen atoms in total. The third-order valence-electron chi connectivity index (χ3n) is 3.47. The van der Waals surface area contributed by atoms with E-state index in [9.17, 15) is 4.79 Å². The molecule has 0 aliphatic carbocycles. The number of amides is 1. The summed E-state index contributed by atoms with van der Waals surface area (Å²) in [6, 6.07) is 18.4. The summed E-state index contributed by atoms with van der Waals surface area (Å²) >= 11 is 5.73. The predicted octanol–water partition coefficient (Wildman–Crippen LogP) is 3.81. The van der Waals surface area contributed by atoms with Crippen LogP contribution in [-0.4, -0.2) is 23.2 Å². The van der Waals surface area contributed by atoms with Crippen LogP contribution in [0.15, 0.2) is 54.6 Å². The lowest BCUT2D eigenvalue weighted by Crippen LogP contribution is -2.33. The smallest absolute Gasteiger partial charge is 0.237 e. The van der Waals surface area contributed by atoms with Gasteiger partial charge in [0.2, 0.25) is 5.91 Å². The number of rotatable bonds is 6. The lowest BCUT2D eigenvalue weighted by molar-refractivity contribution is -0.129. The van der Waals surface area contributed by atoms with Gasteiger partial charge >= 0.3 is 0 Å². The van der Waals surface area contributed by atoms with E-state index in [-0.39, 0.29) is 11.8 Å². The molecule has 0 unspecified atom stereocenters. The van der Waals surface area contributed by atoms with E-state index in [0.29, 0.717) is 13.1 Å². The average Bonchev–Trinajstić information content (AvgIpc) is 2.53. The highest BCUT2D eigenvalue weighted by Gasteiger charge is 2.12. The number of carbonyl (C=O) groups excluding carboxylic acids is 1. The molecule has 0 saturated heterocycles. The second kappa shape index (κ2) is 7.84. The molecule has 0 heterocycles. The topological polar surface area (TPSA) is 20.3 Å². The highest BCUT2D eigenvalue weighted by Crippen LogP contribution is 2.09. The van der Waals surface area contributed by atoms with E-state index in [1.165, 1.54) is 11.1 Å². The zero-order chi connectivity index (χ0) is 15.1. The Kier molecular flexibility index (Phi) is 5.82. The van der Waals surface area contributed by atoms with E-state index in [0.717, 1.165) is 12.0 Å². The van der Waals surface area contributed by atoms with Gasteiger partial charge < -0.3 is 4.90 Å². The first-order valence-electron chi connectivity index (χ1n) is 7.12. The van der Waals surface area contributed by atoms with Gasteiger partial charge in [0.1, 0.15) is 5.88 Å². The van der Waals surface area contributed by atoms with Crippen molar-refractivity contribution in [1.82, 2.24) is 4.90 Å². The number of alkyl halides is 1. The fourth-order valence-electron chi connectivity index (χ4n) is 2.20. The van der Waals surface area contributed by atoms with Gasteiger partial charge in [-0.1, -0.05) is 60.2 Å². The lowest BCUT2D eigenvalue weighted by Gasteiger charge is -2.22. The number of hydrogen-bond donors (Lipinski definition) is 0. The van der Waals surface area contributed by atoms with Crippen LogP contribution in [0.1, 0.15) is 16.7 Å². The molecule has 3 heteroatoms. The standard InChI is InChI=1S/C18H20ClNO/c1-15-7-9-17(10-8-15)14-20(18(21)13-19)12-11-16-5-3-2-4-6-16/h2-10H,11-14H2,1H3. The number of benzene rings is 2. The molecular weight excluding hydrogens is 282 g/mol. The molecular formula is C18H20ClNO. The molecule has 2 aromatic rings. The number of nitrogens with zero attached hydrogens (tertiary/aromatic N) is 1. The summed E-state index contributed by atoms with van der Waals surface area (Å²) in [6.45, 7) is 3.35. The molecule has 0 bridgehead atoms. The maximum Gasteiger partial charge on any atom is 0.237 e. The molecule has 0 fully saturated rings. The minimum absolute atomic E-state index is 0.0202. The number of halogens is 1. The average molecular weight is 302 g/mol. The first-order valence-corrected chi connectivity index (χ1v) is 7.65. The molecule has 0 saturated carbocycles. The van der Waals surface area contributed by atoms with Crippen molar-refractivity contribution in [3.05, 3.63) is 71.3 Å². The zero-order valence-electron chi connectivity index (χ0n) is 12.3. The Morgan fingerprint density at radius 2 is 1.67 bits per heavy atom. The first-order chi connectivity index (χ1) is 10.2. The van der Waals surface area contributed by atoms with E-state index in [1.807, 2.05) is 23.1 Å². The fourth-order valence-corrected chi connectivity index (χ4v) is 2.37. The molecule has 2 aromatic carbocycles. The van der Waals surface area contributed by atoms with Crippen molar-refractivity contribution in [3.63, 3.8) is 0 Å². The van der Waals surface area contributed by atoms with Crippen molar-refractivity contribution < 1.29 is 4.79 Å². The third-order valence-corrected chi connectivity index (χ3v) is 3.70. The number of carbonyl (C=O) groups is 1. The second-order valence-corrected chi connectivity index (χ2v) is 5.44. The van der Waals surface area contributed by atoms with E-state index in [1.54, 1.807) is 0 Å². The van der Waals surface area contributed by atoms with Crippen molar-refractivity contribution in [1.29, 1.82) is 0 Å². The molecule has 0 atom stereocenters. The Bertz CT molecular complexity index is 566. The Morgan fingerprint density at radius 3 is 2.29 bits per heavy atom. The van der Waals surface area contributed by atoms with Gasteiger partial charge in [-0.05, 0) is 24.5 Å². The largest absolute Gasteiger partial charge is 0.337 e. The van der Waals surface area contributed by atoms with Crippen molar-refractivity contribution in [2.45, 2.75) is 19.9 Å². The van der Waals surface area contributed by atoms with Crippen molar-refractivity contribution in [2.24, 2.45) is 0 Å². The Morgan fingerprint density at radius 1 is 1.00 bits per heavy atom.